The van der Waals surface area contributed by atoms with Crippen LogP contribution < -0.4 is 4.31 Å². The van der Waals surface area contributed by atoms with Crippen molar-refractivity contribution in [3.63, 3.8) is 0 Å². The Hall–Kier alpha value is -2.17. The van der Waals surface area contributed by atoms with E-state index >= 15 is 0 Å². The molecule has 3 aromatic rings. The fourth-order valence-corrected chi connectivity index (χ4v) is 4.52. The van der Waals surface area contributed by atoms with E-state index in [2.05, 4.69) is 26.1 Å². The lowest BCUT2D eigenvalue weighted by atomic mass is 10.2. The zero-order valence-corrected chi connectivity index (χ0v) is 19.0. The van der Waals surface area contributed by atoms with Crippen LogP contribution in [0.1, 0.15) is 16.2 Å². The summed E-state index contributed by atoms with van der Waals surface area (Å²) < 4.78 is 28.4. The third-order valence-electron chi connectivity index (χ3n) is 4.15. The molecule has 3 rings (SSSR count). The molecule has 0 aliphatic carbocycles. The van der Waals surface area contributed by atoms with E-state index in [4.69, 9.17) is 0 Å². The van der Waals surface area contributed by atoms with Gasteiger partial charge in [-0.05, 0) is 24.3 Å². The van der Waals surface area contributed by atoms with E-state index in [0.717, 1.165) is 10.7 Å². The number of ketones is 1. The van der Waals surface area contributed by atoms with Gasteiger partial charge in [0.15, 0.2) is 16.8 Å². The SMILES string of the molecule is Cn1c(CN(c2ccccc2)S(C)(=O)=O)nnc1SCC(=O)c1ccc(Br)cc1. The molecule has 0 bridgehead atoms. The highest BCUT2D eigenvalue weighted by Gasteiger charge is 2.21. The first-order valence-corrected chi connectivity index (χ1v) is 12.2. The summed E-state index contributed by atoms with van der Waals surface area (Å²) in [6.45, 7) is 0.0492. The summed E-state index contributed by atoms with van der Waals surface area (Å²) in [4.78, 5) is 12.4. The standard InChI is InChI=1S/C19H19BrN4O3S2/c1-23-18(12-24(29(2,26)27)16-6-4-3-5-7-16)21-22-19(23)28-13-17(25)14-8-10-15(20)11-9-14/h3-11H,12-13H2,1-2H3. The second-order valence-electron chi connectivity index (χ2n) is 6.28. The predicted molar refractivity (Wildman–Crippen MR) is 118 cm³/mol. The van der Waals surface area contributed by atoms with Crippen molar-refractivity contribution in [1.82, 2.24) is 14.8 Å². The van der Waals surface area contributed by atoms with E-state index in [1.165, 1.54) is 16.1 Å². The van der Waals surface area contributed by atoms with Crippen LogP contribution >= 0.6 is 27.7 Å². The molecule has 0 N–H and O–H groups in total. The molecular weight excluding hydrogens is 476 g/mol. The van der Waals surface area contributed by atoms with Gasteiger partial charge in [0, 0.05) is 17.1 Å². The molecule has 0 saturated heterocycles. The van der Waals surface area contributed by atoms with E-state index in [0.29, 0.717) is 22.2 Å². The normalized spacial score (nSPS) is 11.4. The van der Waals surface area contributed by atoms with Gasteiger partial charge in [-0.2, -0.15) is 0 Å². The van der Waals surface area contributed by atoms with E-state index in [-0.39, 0.29) is 18.1 Å². The minimum absolute atomic E-state index is 0.0194. The van der Waals surface area contributed by atoms with Crippen LogP contribution in [0.2, 0.25) is 0 Å². The highest BCUT2D eigenvalue weighted by Crippen LogP contribution is 2.22. The Morgan fingerprint density at radius 3 is 2.38 bits per heavy atom. The Balaban J connectivity index is 1.73. The first kappa shape index (κ1) is 21.5. The predicted octanol–water partition coefficient (Wildman–Crippen LogP) is 3.52. The third kappa shape index (κ3) is 5.46. The zero-order chi connectivity index (χ0) is 21.0. The van der Waals surface area contributed by atoms with E-state index in [1.54, 1.807) is 48.0 Å². The maximum atomic E-state index is 12.4. The van der Waals surface area contributed by atoms with Gasteiger partial charge in [-0.15, -0.1) is 10.2 Å². The van der Waals surface area contributed by atoms with Gasteiger partial charge in [-0.25, -0.2) is 8.42 Å². The molecule has 1 heterocycles. The Morgan fingerprint density at radius 2 is 1.76 bits per heavy atom. The van der Waals surface area contributed by atoms with Crippen molar-refractivity contribution in [2.75, 3.05) is 16.3 Å². The average Bonchev–Trinajstić information content (AvgIpc) is 3.04. The number of Topliss-reactive ketones (excluding diaryl/α,β-unsaturated/α-hetero) is 1. The molecule has 0 amide bonds. The van der Waals surface area contributed by atoms with Gasteiger partial charge in [0.25, 0.3) is 0 Å². The molecule has 152 valence electrons. The van der Waals surface area contributed by atoms with Crippen LogP contribution in [0.25, 0.3) is 0 Å². The molecule has 0 saturated carbocycles. The highest BCUT2D eigenvalue weighted by molar-refractivity contribution is 9.10. The van der Waals surface area contributed by atoms with Crippen molar-refractivity contribution < 1.29 is 13.2 Å². The van der Waals surface area contributed by atoms with Crippen LogP contribution in [0, 0.1) is 0 Å². The number of nitrogens with zero attached hydrogens (tertiary/aromatic N) is 4. The molecule has 2 aromatic carbocycles. The third-order valence-corrected chi connectivity index (χ3v) is 6.84. The number of hydrogen-bond donors (Lipinski definition) is 0. The lowest BCUT2D eigenvalue weighted by molar-refractivity contribution is 0.102. The summed E-state index contributed by atoms with van der Waals surface area (Å²) in [5.74, 6) is 0.675. The number of para-hydroxylation sites is 1. The molecule has 0 spiro atoms. The Morgan fingerprint density at radius 1 is 1.10 bits per heavy atom. The molecular formula is C19H19BrN4O3S2. The molecule has 0 aliphatic rings. The van der Waals surface area contributed by atoms with Gasteiger partial charge in [0.2, 0.25) is 10.0 Å². The number of anilines is 1. The van der Waals surface area contributed by atoms with Crippen LogP contribution in [-0.2, 0) is 23.6 Å². The number of thioether (sulfide) groups is 1. The summed E-state index contributed by atoms with van der Waals surface area (Å²) in [6.07, 6.45) is 1.16. The molecule has 29 heavy (non-hydrogen) atoms. The lowest BCUT2D eigenvalue weighted by Gasteiger charge is -2.21. The highest BCUT2D eigenvalue weighted by atomic mass is 79.9. The first-order chi connectivity index (χ1) is 13.8. The Bertz CT molecular complexity index is 1100. The van der Waals surface area contributed by atoms with Crippen LogP contribution in [-0.4, -0.2) is 41.0 Å². The van der Waals surface area contributed by atoms with Crippen molar-refractivity contribution in [3.8, 4) is 0 Å². The van der Waals surface area contributed by atoms with Gasteiger partial charge in [0.1, 0.15) is 0 Å². The number of carbonyl (C=O) groups excluding carboxylic acids is 1. The van der Waals surface area contributed by atoms with Crippen LogP contribution in [0.3, 0.4) is 0 Å². The number of benzene rings is 2. The van der Waals surface area contributed by atoms with Crippen LogP contribution in [0.4, 0.5) is 5.69 Å². The fraction of sp³-hybridized carbons (Fsp3) is 0.211. The number of hydrogen-bond acceptors (Lipinski definition) is 6. The maximum Gasteiger partial charge on any atom is 0.232 e. The fourth-order valence-electron chi connectivity index (χ4n) is 2.58. The van der Waals surface area contributed by atoms with Gasteiger partial charge >= 0.3 is 0 Å². The molecule has 7 nitrogen and oxygen atoms in total. The number of rotatable bonds is 8. The second kappa shape index (κ2) is 9.10. The van der Waals surface area contributed by atoms with Gasteiger partial charge in [0.05, 0.1) is 24.2 Å². The second-order valence-corrected chi connectivity index (χ2v) is 10.0. The minimum atomic E-state index is -3.50. The summed E-state index contributed by atoms with van der Waals surface area (Å²) >= 11 is 4.61. The monoisotopic (exact) mass is 494 g/mol. The van der Waals surface area contributed by atoms with Crippen molar-refractivity contribution in [1.29, 1.82) is 0 Å². The largest absolute Gasteiger partial charge is 0.308 e. The molecule has 1 aromatic heterocycles. The summed E-state index contributed by atoms with van der Waals surface area (Å²) in [6, 6.07) is 16.0. The quantitative estimate of drug-likeness (QED) is 0.351. The smallest absolute Gasteiger partial charge is 0.232 e. The van der Waals surface area contributed by atoms with E-state index in [9.17, 15) is 13.2 Å². The minimum Gasteiger partial charge on any atom is -0.308 e. The van der Waals surface area contributed by atoms with Crippen molar-refractivity contribution in [3.05, 3.63) is 70.5 Å². The topological polar surface area (TPSA) is 85.2 Å². The number of sulfonamides is 1. The molecule has 10 heteroatoms. The summed E-state index contributed by atoms with van der Waals surface area (Å²) in [5, 5.41) is 8.79. The summed E-state index contributed by atoms with van der Waals surface area (Å²) in [7, 11) is -1.74. The van der Waals surface area contributed by atoms with E-state index in [1.807, 2.05) is 18.2 Å². The molecule has 0 aliphatic heterocycles. The molecule has 0 atom stereocenters. The maximum absolute atomic E-state index is 12.4. The molecule has 0 radical (unpaired) electrons. The summed E-state index contributed by atoms with van der Waals surface area (Å²) in [5.41, 5.74) is 1.17. The van der Waals surface area contributed by atoms with Crippen LogP contribution in [0.5, 0.6) is 0 Å². The van der Waals surface area contributed by atoms with Gasteiger partial charge < -0.3 is 4.57 Å². The lowest BCUT2D eigenvalue weighted by Crippen LogP contribution is -2.30. The number of halogens is 1. The Kier molecular flexibility index (Phi) is 6.76. The molecule has 0 unspecified atom stereocenters. The first-order valence-electron chi connectivity index (χ1n) is 8.58. The van der Waals surface area contributed by atoms with Crippen LogP contribution in [0.15, 0.2) is 64.2 Å². The van der Waals surface area contributed by atoms with Gasteiger partial charge in [-0.3, -0.25) is 9.10 Å². The van der Waals surface area contributed by atoms with Crippen molar-refractivity contribution in [2.45, 2.75) is 11.7 Å². The number of aromatic nitrogens is 3. The Labute approximate surface area is 182 Å². The molecule has 0 fully saturated rings. The average molecular weight is 495 g/mol. The van der Waals surface area contributed by atoms with Crippen molar-refractivity contribution >= 4 is 49.2 Å². The van der Waals surface area contributed by atoms with E-state index < -0.39 is 10.0 Å². The zero-order valence-electron chi connectivity index (χ0n) is 15.8. The van der Waals surface area contributed by atoms with Gasteiger partial charge in [-0.1, -0.05) is 58.0 Å². The van der Waals surface area contributed by atoms with Crippen molar-refractivity contribution in [2.24, 2.45) is 7.05 Å². The number of carbonyl (C=O) groups is 1.